The molecule has 27 heavy (non-hydrogen) atoms. The predicted molar refractivity (Wildman–Crippen MR) is 111 cm³/mol. The Labute approximate surface area is 161 Å². The second kappa shape index (κ2) is 10.3. The average molecular weight is 368 g/mol. The van der Waals surface area contributed by atoms with E-state index in [0.717, 1.165) is 34.9 Å². The number of anilines is 2. The highest BCUT2D eigenvalue weighted by Gasteiger charge is 2.05. The van der Waals surface area contributed by atoms with Gasteiger partial charge in [-0.3, -0.25) is 4.79 Å². The first kappa shape index (κ1) is 20.4. The van der Waals surface area contributed by atoms with Crippen LogP contribution in [0.4, 0.5) is 11.4 Å². The number of rotatable bonds is 10. The van der Waals surface area contributed by atoms with Crippen molar-refractivity contribution in [3.63, 3.8) is 0 Å². The van der Waals surface area contributed by atoms with Gasteiger partial charge in [0.2, 0.25) is 5.91 Å². The predicted octanol–water partition coefficient (Wildman–Crippen LogP) is 4.87. The third-order valence-corrected chi connectivity index (χ3v) is 3.84. The first-order valence-electron chi connectivity index (χ1n) is 9.14. The molecule has 0 radical (unpaired) electrons. The molecule has 0 saturated heterocycles. The van der Waals surface area contributed by atoms with E-state index in [4.69, 9.17) is 9.47 Å². The molecule has 144 valence electrons. The molecule has 1 amide bonds. The summed E-state index contributed by atoms with van der Waals surface area (Å²) in [7, 11) is 0. The van der Waals surface area contributed by atoms with E-state index < -0.39 is 0 Å². The molecule has 0 aliphatic carbocycles. The minimum Gasteiger partial charge on any atom is -0.491 e. The van der Waals surface area contributed by atoms with Crippen molar-refractivity contribution in [2.24, 2.45) is 0 Å². The van der Waals surface area contributed by atoms with Gasteiger partial charge >= 0.3 is 0 Å². The molecule has 2 N–H and O–H groups in total. The molecule has 0 fully saturated rings. The number of nitrogens with one attached hydrogen (secondary N) is 2. The smallest absolute Gasteiger partial charge is 0.243 e. The van der Waals surface area contributed by atoms with Gasteiger partial charge in [-0.25, -0.2) is 0 Å². The summed E-state index contributed by atoms with van der Waals surface area (Å²) >= 11 is 0. The van der Waals surface area contributed by atoms with Gasteiger partial charge in [0.05, 0.1) is 12.6 Å². The summed E-state index contributed by atoms with van der Waals surface area (Å²) in [6.45, 7) is 10.5. The Morgan fingerprint density at radius 2 is 1.63 bits per heavy atom. The van der Waals surface area contributed by atoms with Crippen molar-refractivity contribution in [1.82, 2.24) is 0 Å². The van der Waals surface area contributed by atoms with Crippen LogP contribution in [0.25, 0.3) is 0 Å². The number of benzene rings is 2. The molecule has 0 aromatic heterocycles. The van der Waals surface area contributed by atoms with Crippen molar-refractivity contribution in [2.45, 2.75) is 33.3 Å². The maximum atomic E-state index is 12.1. The number of amides is 1. The molecule has 0 aliphatic rings. The molecule has 2 aromatic rings. The number of hydrogen-bond acceptors (Lipinski definition) is 4. The normalized spacial score (nSPS) is 11.4. The summed E-state index contributed by atoms with van der Waals surface area (Å²) in [4.78, 5) is 12.1. The molecule has 2 rings (SSSR count). The molecule has 0 spiro atoms. The Bertz CT molecular complexity index is 739. The number of hydrogen-bond donors (Lipinski definition) is 2. The van der Waals surface area contributed by atoms with E-state index in [1.807, 2.05) is 62.4 Å². The molecule has 0 aliphatic heterocycles. The van der Waals surface area contributed by atoms with Gasteiger partial charge < -0.3 is 20.1 Å². The molecule has 5 nitrogen and oxygen atoms in total. The van der Waals surface area contributed by atoms with E-state index in [2.05, 4.69) is 24.1 Å². The zero-order valence-corrected chi connectivity index (χ0v) is 16.2. The lowest BCUT2D eigenvalue weighted by Crippen LogP contribution is -2.21. The quantitative estimate of drug-likeness (QED) is 0.588. The number of ether oxygens (including phenoxy) is 2. The molecular formula is C22H28N2O3. The summed E-state index contributed by atoms with van der Waals surface area (Å²) < 4.78 is 11.3. The lowest BCUT2D eigenvalue weighted by Gasteiger charge is -2.13. The maximum Gasteiger partial charge on any atom is 0.243 e. The minimum atomic E-state index is -0.117. The van der Waals surface area contributed by atoms with Crippen LogP contribution in [-0.2, 0) is 4.79 Å². The maximum absolute atomic E-state index is 12.1. The van der Waals surface area contributed by atoms with Gasteiger partial charge in [-0.05, 0) is 74.4 Å². The lowest BCUT2D eigenvalue weighted by atomic mass is 10.2. The first-order valence-corrected chi connectivity index (χ1v) is 9.14. The summed E-state index contributed by atoms with van der Waals surface area (Å²) in [5, 5.41) is 5.95. The molecule has 0 bridgehead atoms. The van der Waals surface area contributed by atoms with Crippen molar-refractivity contribution in [3.05, 3.63) is 60.7 Å². The zero-order chi connectivity index (χ0) is 19.6. The van der Waals surface area contributed by atoms with Gasteiger partial charge in [0.1, 0.15) is 18.1 Å². The lowest BCUT2D eigenvalue weighted by molar-refractivity contribution is -0.114. The van der Waals surface area contributed by atoms with Gasteiger partial charge in [-0.2, -0.15) is 0 Å². The summed E-state index contributed by atoms with van der Waals surface area (Å²) in [6.07, 6.45) is 1.12. The van der Waals surface area contributed by atoms with Crippen LogP contribution in [0, 0.1) is 0 Å². The number of carbonyl (C=O) groups excluding carboxylic acids is 1. The topological polar surface area (TPSA) is 59.6 Å². The standard InChI is InChI=1S/C22H28N2O3/c1-5-17(4)27-21-12-8-19(9-13-21)24-22(25)14-23-18-6-10-20(11-7-18)26-15-16(2)3/h6-13,17,23H,2,5,14-15H2,1,3-4H3,(H,24,25). The van der Waals surface area contributed by atoms with Crippen LogP contribution in [0.3, 0.4) is 0 Å². The highest BCUT2D eigenvalue weighted by Crippen LogP contribution is 2.18. The second-order valence-corrected chi connectivity index (χ2v) is 6.53. The van der Waals surface area contributed by atoms with Gasteiger partial charge in [-0.1, -0.05) is 13.5 Å². The van der Waals surface area contributed by atoms with Crippen LogP contribution >= 0.6 is 0 Å². The zero-order valence-electron chi connectivity index (χ0n) is 16.2. The minimum absolute atomic E-state index is 0.117. The van der Waals surface area contributed by atoms with Gasteiger partial charge in [0.15, 0.2) is 0 Å². The van der Waals surface area contributed by atoms with Gasteiger partial charge in [-0.15, -0.1) is 0 Å². The summed E-state index contributed by atoms with van der Waals surface area (Å²) in [5.74, 6) is 1.45. The van der Waals surface area contributed by atoms with Crippen molar-refractivity contribution >= 4 is 17.3 Å². The molecule has 1 unspecified atom stereocenters. The highest BCUT2D eigenvalue weighted by molar-refractivity contribution is 5.93. The van der Waals surface area contributed by atoms with E-state index in [-0.39, 0.29) is 18.6 Å². The number of carbonyl (C=O) groups is 1. The van der Waals surface area contributed by atoms with Crippen molar-refractivity contribution in [2.75, 3.05) is 23.8 Å². The molecule has 2 aromatic carbocycles. The fourth-order valence-electron chi connectivity index (χ4n) is 2.20. The van der Waals surface area contributed by atoms with Crippen molar-refractivity contribution in [1.29, 1.82) is 0 Å². The van der Waals surface area contributed by atoms with Crippen LogP contribution in [0.1, 0.15) is 27.2 Å². The van der Waals surface area contributed by atoms with E-state index in [9.17, 15) is 4.79 Å². The van der Waals surface area contributed by atoms with Crippen molar-refractivity contribution < 1.29 is 14.3 Å². The Kier molecular flexibility index (Phi) is 7.74. The monoisotopic (exact) mass is 368 g/mol. The van der Waals surface area contributed by atoms with Crippen LogP contribution in [0.2, 0.25) is 0 Å². The second-order valence-electron chi connectivity index (χ2n) is 6.53. The van der Waals surface area contributed by atoms with Crippen LogP contribution < -0.4 is 20.1 Å². The van der Waals surface area contributed by atoms with Gasteiger partial charge in [0, 0.05) is 11.4 Å². The van der Waals surface area contributed by atoms with E-state index >= 15 is 0 Å². The Hall–Kier alpha value is -2.95. The summed E-state index contributed by atoms with van der Waals surface area (Å²) in [6, 6.07) is 14.9. The first-order chi connectivity index (χ1) is 13.0. The molecule has 1 atom stereocenters. The average Bonchev–Trinajstić information content (AvgIpc) is 2.67. The SMILES string of the molecule is C=C(C)COc1ccc(NCC(=O)Nc2ccc(OC(C)CC)cc2)cc1. The molecular weight excluding hydrogens is 340 g/mol. The van der Waals surface area contributed by atoms with Gasteiger partial charge in [0.25, 0.3) is 0 Å². The van der Waals surface area contributed by atoms with E-state index in [0.29, 0.717) is 6.61 Å². The van der Waals surface area contributed by atoms with Crippen LogP contribution in [0.5, 0.6) is 11.5 Å². The molecule has 5 heteroatoms. The van der Waals surface area contributed by atoms with Crippen LogP contribution in [-0.4, -0.2) is 25.2 Å². The van der Waals surface area contributed by atoms with E-state index in [1.165, 1.54) is 0 Å². The van der Waals surface area contributed by atoms with Crippen molar-refractivity contribution in [3.8, 4) is 11.5 Å². The molecule has 0 heterocycles. The third-order valence-electron chi connectivity index (χ3n) is 3.84. The van der Waals surface area contributed by atoms with Crippen LogP contribution in [0.15, 0.2) is 60.7 Å². The Morgan fingerprint density at radius 1 is 1.04 bits per heavy atom. The third kappa shape index (κ3) is 7.44. The fraction of sp³-hybridized carbons (Fsp3) is 0.318. The van der Waals surface area contributed by atoms with E-state index in [1.54, 1.807) is 0 Å². The Morgan fingerprint density at radius 3 is 2.22 bits per heavy atom. The summed E-state index contributed by atoms with van der Waals surface area (Å²) in [5.41, 5.74) is 2.56. The molecule has 0 saturated carbocycles. The Balaban J connectivity index is 1.78. The fourth-order valence-corrected chi connectivity index (χ4v) is 2.20. The largest absolute Gasteiger partial charge is 0.491 e. The highest BCUT2D eigenvalue weighted by atomic mass is 16.5.